The Morgan fingerprint density at radius 3 is 2.56 bits per heavy atom. The number of hydrogen-bond donors (Lipinski definition) is 1. The van der Waals surface area contributed by atoms with Gasteiger partial charge in [-0.25, -0.2) is 9.24 Å². The van der Waals surface area contributed by atoms with Crippen LogP contribution in [0.25, 0.3) is 4.85 Å². The number of alkyl halides is 3. The van der Waals surface area contributed by atoms with E-state index in [9.17, 15) is 22.4 Å². The zero-order valence-electron chi connectivity index (χ0n) is 15.1. The van der Waals surface area contributed by atoms with Crippen molar-refractivity contribution in [2.45, 2.75) is 45.7 Å². The Morgan fingerprint density at radius 2 is 1.96 bits per heavy atom. The van der Waals surface area contributed by atoms with E-state index in [1.807, 2.05) is 0 Å². The number of benzene rings is 1. The second kappa shape index (κ2) is 6.22. The first-order chi connectivity index (χ1) is 12.5. The molecule has 2 aliphatic rings. The molecule has 0 radical (unpaired) electrons. The predicted molar refractivity (Wildman–Crippen MR) is 91.6 cm³/mol. The lowest BCUT2D eigenvalue weighted by molar-refractivity contribution is -0.138. The van der Waals surface area contributed by atoms with Crippen LogP contribution in [-0.4, -0.2) is 5.78 Å². The third-order valence-electron chi connectivity index (χ3n) is 5.22. The van der Waals surface area contributed by atoms with Crippen LogP contribution in [0.2, 0.25) is 0 Å². The van der Waals surface area contributed by atoms with E-state index in [4.69, 9.17) is 6.57 Å². The Kier molecular flexibility index (Phi) is 4.41. The Balaban J connectivity index is 2.31. The van der Waals surface area contributed by atoms with Crippen LogP contribution in [0.1, 0.15) is 50.7 Å². The number of nitrogens with one attached hydrogen (secondary N) is 1. The number of halogens is 4. The van der Waals surface area contributed by atoms with Crippen LogP contribution in [-0.2, 0) is 11.0 Å². The van der Waals surface area contributed by atoms with Gasteiger partial charge in [-0.2, -0.15) is 13.2 Å². The third kappa shape index (κ3) is 3.14. The van der Waals surface area contributed by atoms with E-state index < -0.39 is 28.9 Å². The Labute approximate surface area is 154 Å². The highest BCUT2D eigenvalue weighted by Gasteiger charge is 2.46. The zero-order valence-corrected chi connectivity index (χ0v) is 15.1. The lowest BCUT2D eigenvalue weighted by atomic mass is 9.68. The van der Waals surface area contributed by atoms with Crippen LogP contribution in [0.5, 0.6) is 0 Å². The van der Waals surface area contributed by atoms with Gasteiger partial charge >= 0.3 is 6.18 Å². The fraction of sp³-hybridized carbons (Fsp3) is 0.400. The van der Waals surface area contributed by atoms with E-state index in [1.54, 1.807) is 20.8 Å². The molecule has 1 aromatic rings. The first kappa shape index (κ1) is 19.2. The number of hydrogen-bond acceptors (Lipinski definition) is 2. The quantitative estimate of drug-likeness (QED) is 0.530. The van der Waals surface area contributed by atoms with Gasteiger partial charge in [-0.1, -0.05) is 19.9 Å². The summed E-state index contributed by atoms with van der Waals surface area (Å²) in [5.41, 5.74) is -1.00. The van der Waals surface area contributed by atoms with Crippen molar-refractivity contribution in [3.8, 4) is 0 Å². The first-order valence-corrected chi connectivity index (χ1v) is 8.47. The summed E-state index contributed by atoms with van der Waals surface area (Å²) in [6.07, 6.45) is -3.76. The first-order valence-electron chi connectivity index (χ1n) is 8.47. The molecule has 0 amide bonds. The van der Waals surface area contributed by atoms with Crippen molar-refractivity contribution >= 4 is 5.78 Å². The molecule has 1 aromatic carbocycles. The minimum absolute atomic E-state index is 0.0249. The van der Waals surface area contributed by atoms with Gasteiger partial charge in [0.05, 0.1) is 18.1 Å². The van der Waals surface area contributed by atoms with Crippen molar-refractivity contribution in [3.05, 3.63) is 69.2 Å². The van der Waals surface area contributed by atoms with Crippen molar-refractivity contribution in [3.63, 3.8) is 0 Å². The summed E-state index contributed by atoms with van der Waals surface area (Å²) < 4.78 is 54.4. The molecular formula is C20H18F4N2O. The van der Waals surface area contributed by atoms with Gasteiger partial charge in [-0.15, -0.1) is 0 Å². The average Bonchev–Trinajstić information content (AvgIpc) is 2.57. The summed E-state index contributed by atoms with van der Waals surface area (Å²) in [5.74, 6) is -2.47. The number of allylic oxidation sites excluding steroid dienone is 3. The minimum Gasteiger partial charge on any atom is -0.372 e. The number of Topliss-reactive ketones (excluding diaryl/α,β-unsaturated/α-hetero) is 1. The SMILES string of the molecule is [C-]#[N+]C1=C(C)NC2=C(C(=O)C(C)(C)CC2)C1c1ccc(F)cc1C(F)(F)F. The largest absolute Gasteiger partial charge is 0.416 e. The van der Waals surface area contributed by atoms with Crippen LogP contribution >= 0.6 is 0 Å². The van der Waals surface area contributed by atoms with E-state index in [2.05, 4.69) is 10.2 Å². The summed E-state index contributed by atoms with van der Waals surface area (Å²) >= 11 is 0. The molecule has 0 saturated carbocycles. The molecule has 1 atom stereocenters. The van der Waals surface area contributed by atoms with Gasteiger partial charge in [0.15, 0.2) is 11.5 Å². The topological polar surface area (TPSA) is 33.5 Å². The maximum atomic E-state index is 13.6. The van der Waals surface area contributed by atoms with Crippen molar-refractivity contribution in [1.29, 1.82) is 0 Å². The number of nitrogens with zero attached hydrogens (tertiary/aromatic N) is 1. The average molecular weight is 378 g/mol. The summed E-state index contributed by atoms with van der Waals surface area (Å²) in [4.78, 5) is 16.5. The van der Waals surface area contributed by atoms with Crippen LogP contribution in [0.4, 0.5) is 17.6 Å². The van der Waals surface area contributed by atoms with E-state index in [0.717, 1.165) is 12.1 Å². The summed E-state index contributed by atoms with van der Waals surface area (Å²) in [6, 6.07) is 2.39. The molecule has 1 aliphatic heterocycles. The summed E-state index contributed by atoms with van der Waals surface area (Å²) in [5, 5.41) is 3.03. The fourth-order valence-corrected chi connectivity index (χ4v) is 3.74. The molecule has 0 fully saturated rings. The van der Waals surface area contributed by atoms with Gasteiger partial charge < -0.3 is 5.32 Å². The number of carbonyl (C=O) groups excluding carboxylic acids is 1. The van der Waals surface area contributed by atoms with Gasteiger partial charge in [-0.3, -0.25) is 4.79 Å². The molecular weight excluding hydrogens is 360 g/mol. The van der Waals surface area contributed by atoms with Crippen molar-refractivity contribution < 1.29 is 22.4 Å². The monoisotopic (exact) mass is 378 g/mol. The molecule has 7 heteroatoms. The van der Waals surface area contributed by atoms with Gasteiger partial charge in [0.25, 0.3) is 0 Å². The van der Waals surface area contributed by atoms with Crippen LogP contribution in [0.3, 0.4) is 0 Å². The Morgan fingerprint density at radius 1 is 1.30 bits per heavy atom. The highest BCUT2D eigenvalue weighted by Crippen LogP contribution is 2.49. The molecule has 3 nitrogen and oxygen atoms in total. The number of dihydropyridines is 1. The molecule has 27 heavy (non-hydrogen) atoms. The van der Waals surface area contributed by atoms with Gasteiger partial charge in [0, 0.05) is 22.4 Å². The Hall–Kier alpha value is -2.62. The predicted octanol–water partition coefficient (Wildman–Crippen LogP) is 5.33. The molecule has 1 unspecified atom stereocenters. The van der Waals surface area contributed by atoms with E-state index >= 15 is 0 Å². The molecule has 0 spiro atoms. The van der Waals surface area contributed by atoms with Crippen molar-refractivity contribution in [1.82, 2.24) is 5.32 Å². The lowest BCUT2D eigenvalue weighted by Gasteiger charge is -2.39. The van der Waals surface area contributed by atoms with Gasteiger partial charge in [0.1, 0.15) is 5.82 Å². The summed E-state index contributed by atoms with van der Waals surface area (Å²) in [6.45, 7) is 12.6. The summed E-state index contributed by atoms with van der Waals surface area (Å²) in [7, 11) is 0. The molecule has 0 aromatic heterocycles. The van der Waals surface area contributed by atoms with Crippen molar-refractivity contribution in [2.24, 2.45) is 5.41 Å². The Bertz CT molecular complexity index is 932. The maximum Gasteiger partial charge on any atom is 0.416 e. The van der Waals surface area contributed by atoms with Crippen LogP contribution in [0.15, 0.2) is 40.9 Å². The highest BCUT2D eigenvalue weighted by atomic mass is 19.4. The van der Waals surface area contributed by atoms with Crippen LogP contribution < -0.4 is 5.32 Å². The lowest BCUT2D eigenvalue weighted by Crippen LogP contribution is -2.39. The standard InChI is InChI=1S/C20H18F4N2O/c1-10-17(25-4)15(12-6-5-11(21)9-13(12)20(22,23)24)16-14(26-10)7-8-19(2,3)18(16)27/h5-6,9,15,26H,7-8H2,1-3H3. The number of rotatable bonds is 1. The molecule has 3 rings (SSSR count). The van der Waals surface area contributed by atoms with Gasteiger partial charge in [0.2, 0.25) is 0 Å². The van der Waals surface area contributed by atoms with Crippen LogP contribution in [0, 0.1) is 17.8 Å². The van der Waals surface area contributed by atoms with E-state index in [0.29, 0.717) is 30.3 Å². The van der Waals surface area contributed by atoms with E-state index in [-0.39, 0.29) is 22.6 Å². The van der Waals surface area contributed by atoms with E-state index in [1.165, 1.54) is 0 Å². The second-order valence-corrected chi connectivity index (χ2v) is 7.51. The second-order valence-electron chi connectivity index (χ2n) is 7.51. The molecule has 0 bridgehead atoms. The number of carbonyl (C=O) groups is 1. The normalized spacial score (nSPS) is 22.3. The smallest absolute Gasteiger partial charge is 0.372 e. The maximum absolute atomic E-state index is 13.6. The van der Waals surface area contributed by atoms with Gasteiger partial charge in [-0.05, 0) is 37.5 Å². The minimum atomic E-state index is -4.81. The third-order valence-corrected chi connectivity index (χ3v) is 5.22. The molecule has 1 aliphatic carbocycles. The molecule has 1 N–H and O–H groups in total. The van der Waals surface area contributed by atoms with Crippen molar-refractivity contribution in [2.75, 3.05) is 0 Å². The number of ketones is 1. The molecule has 142 valence electrons. The molecule has 1 heterocycles. The molecule has 0 saturated heterocycles. The fourth-order valence-electron chi connectivity index (χ4n) is 3.74. The highest BCUT2D eigenvalue weighted by molar-refractivity contribution is 6.03. The zero-order chi connectivity index (χ0) is 20.1.